The van der Waals surface area contributed by atoms with E-state index in [0.29, 0.717) is 12.1 Å². The standard InChI is InChI=1S/C32H40FN3O4S/c1-7-24(5)34-32(38)25(6)35(20-27-10-8-9-11-30(27)33)31(37)21-36(28-16-14-26(15-17-28)22(2)3)41(39,40)29-18-12-23(4)13-19-29/h8-19,22,24-25H,7,20-21H2,1-6H3,(H,34,38). The molecule has 3 rings (SSSR count). The largest absolute Gasteiger partial charge is 0.352 e. The van der Waals surface area contributed by atoms with Crippen LogP contribution in [0.25, 0.3) is 0 Å². The highest BCUT2D eigenvalue weighted by atomic mass is 32.2. The zero-order valence-corrected chi connectivity index (χ0v) is 25.4. The van der Waals surface area contributed by atoms with Gasteiger partial charge in [-0.05, 0) is 69.0 Å². The second kappa shape index (κ2) is 13.8. The zero-order chi connectivity index (χ0) is 30.3. The normalized spacial score (nSPS) is 13.0. The van der Waals surface area contributed by atoms with Crippen molar-refractivity contribution >= 4 is 27.5 Å². The molecule has 0 radical (unpaired) electrons. The van der Waals surface area contributed by atoms with Gasteiger partial charge in [-0.2, -0.15) is 0 Å². The number of amides is 2. The molecule has 2 amide bonds. The van der Waals surface area contributed by atoms with Crippen molar-refractivity contribution in [1.82, 2.24) is 10.2 Å². The number of carbonyl (C=O) groups is 2. The van der Waals surface area contributed by atoms with Crippen LogP contribution in [0.15, 0.2) is 77.7 Å². The van der Waals surface area contributed by atoms with E-state index in [1.807, 2.05) is 46.8 Å². The first-order valence-electron chi connectivity index (χ1n) is 13.9. The van der Waals surface area contributed by atoms with Gasteiger partial charge in [0.2, 0.25) is 11.8 Å². The summed E-state index contributed by atoms with van der Waals surface area (Å²) in [6.07, 6.45) is 0.689. The Hall–Kier alpha value is -3.72. The third-order valence-electron chi connectivity index (χ3n) is 7.20. The molecule has 0 fully saturated rings. The summed E-state index contributed by atoms with van der Waals surface area (Å²) in [4.78, 5) is 28.3. The van der Waals surface area contributed by atoms with E-state index in [1.54, 1.807) is 49.4 Å². The highest BCUT2D eigenvalue weighted by Gasteiger charge is 2.33. The molecule has 220 valence electrons. The summed E-state index contributed by atoms with van der Waals surface area (Å²) in [5, 5.41) is 2.87. The lowest BCUT2D eigenvalue weighted by molar-refractivity contribution is -0.139. The number of sulfonamides is 1. The fourth-order valence-electron chi connectivity index (χ4n) is 4.25. The Kier molecular flexibility index (Phi) is 10.7. The fourth-order valence-corrected chi connectivity index (χ4v) is 5.66. The van der Waals surface area contributed by atoms with E-state index in [-0.39, 0.29) is 29.0 Å². The Labute approximate surface area is 243 Å². The molecule has 0 saturated heterocycles. The van der Waals surface area contributed by atoms with Gasteiger partial charge in [0.25, 0.3) is 10.0 Å². The van der Waals surface area contributed by atoms with Crippen LogP contribution in [0, 0.1) is 12.7 Å². The summed E-state index contributed by atoms with van der Waals surface area (Å²) < 4.78 is 43.6. The van der Waals surface area contributed by atoms with Crippen LogP contribution in [-0.2, 0) is 26.2 Å². The lowest BCUT2D eigenvalue weighted by Gasteiger charge is -2.32. The van der Waals surface area contributed by atoms with Crippen LogP contribution in [-0.4, -0.2) is 43.8 Å². The Morgan fingerprint density at radius 1 is 0.902 bits per heavy atom. The van der Waals surface area contributed by atoms with Gasteiger partial charge in [0.1, 0.15) is 18.4 Å². The highest BCUT2D eigenvalue weighted by molar-refractivity contribution is 7.92. The summed E-state index contributed by atoms with van der Waals surface area (Å²) in [6.45, 7) is 10.5. The summed E-state index contributed by atoms with van der Waals surface area (Å²) in [5.41, 5.74) is 2.44. The first-order valence-corrected chi connectivity index (χ1v) is 15.3. The number of hydrogen-bond donors (Lipinski definition) is 1. The number of carbonyl (C=O) groups excluding carboxylic acids is 2. The van der Waals surface area contributed by atoms with Crippen molar-refractivity contribution in [3.05, 3.63) is 95.3 Å². The lowest BCUT2D eigenvalue weighted by atomic mass is 10.0. The molecule has 0 aliphatic carbocycles. The monoisotopic (exact) mass is 581 g/mol. The van der Waals surface area contributed by atoms with Gasteiger partial charge in [-0.25, -0.2) is 12.8 Å². The first-order chi connectivity index (χ1) is 19.3. The molecule has 41 heavy (non-hydrogen) atoms. The van der Waals surface area contributed by atoms with Gasteiger partial charge in [-0.1, -0.05) is 68.8 Å². The molecule has 2 unspecified atom stereocenters. The van der Waals surface area contributed by atoms with Crippen molar-refractivity contribution < 1.29 is 22.4 Å². The minimum atomic E-state index is -4.17. The number of hydrogen-bond acceptors (Lipinski definition) is 4. The van der Waals surface area contributed by atoms with Gasteiger partial charge in [0, 0.05) is 18.2 Å². The molecule has 1 N–H and O–H groups in total. The van der Waals surface area contributed by atoms with Crippen LogP contribution in [0.1, 0.15) is 63.6 Å². The van der Waals surface area contributed by atoms with E-state index < -0.39 is 40.2 Å². The zero-order valence-electron chi connectivity index (χ0n) is 24.6. The van der Waals surface area contributed by atoms with E-state index in [0.717, 1.165) is 15.4 Å². The second-order valence-electron chi connectivity index (χ2n) is 10.7. The Morgan fingerprint density at radius 2 is 1.51 bits per heavy atom. The molecular weight excluding hydrogens is 541 g/mol. The molecular formula is C32H40FN3O4S. The van der Waals surface area contributed by atoms with E-state index in [1.165, 1.54) is 23.1 Å². The topological polar surface area (TPSA) is 86.8 Å². The smallest absolute Gasteiger partial charge is 0.264 e. The number of rotatable bonds is 12. The number of nitrogens with one attached hydrogen (secondary N) is 1. The maximum absolute atomic E-state index is 14.7. The predicted molar refractivity (Wildman–Crippen MR) is 161 cm³/mol. The van der Waals surface area contributed by atoms with Gasteiger partial charge in [0.15, 0.2) is 0 Å². The van der Waals surface area contributed by atoms with Crippen LogP contribution >= 0.6 is 0 Å². The van der Waals surface area contributed by atoms with Crippen molar-refractivity contribution in [2.24, 2.45) is 0 Å². The molecule has 0 aromatic heterocycles. The van der Waals surface area contributed by atoms with Gasteiger partial charge in [-0.15, -0.1) is 0 Å². The molecule has 7 nitrogen and oxygen atoms in total. The molecule has 0 heterocycles. The van der Waals surface area contributed by atoms with Crippen molar-refractivity contribution in [1.29, 1.82) is 0 Å². The van der Waals surface area contributed by atoms with Crippen molar-refractivity contribution in [2.45, 2.75) is 77.4 Å². The molecule has 0 bridgehead atoms. The van der Waals surface area contributed by atoms with Gasteiger partial charge < -0.3 is 10.2 Å². The van der Waals surface area contributed by atoms with Gasteiger partial charge in [-0.3, -0.25) is 13.9 Å². The molecule has 3 aromatic rings. The fraction of sp³-hybridized carbons (Fsp3) is 0.375. The average Bonchev–Trinajstić information content (AvgIpc) is 2.95. The van der Waals surface area contributed by atoms with Gasteiger partial charge in [0.05, 0.1) is 10.6 Å². The number of aryl methyl sites for hydroxylation is 1. The predicted octanol–water partition coefficient (Wildman–Crippen LogP) is 5.78. The molecule has 0 aliphatic rings. The number of halogens is 1. The van der Waals surface area contributed by atoms with E-state index in [4.69, 9.17) is 0 Å². The Bertz CT molecular complexity index is 1440. The van der Waals surface area contributed by atoms with Crippen LogP contribution < -0.4 is 9.62 Å². The molecule has 2 atom stereocenters. The maximum Gasteiger partial charge on any atom is 0.264 e. The Morgan fingerprint density at radius 3 is 2.07 bits per heavy atom. The van der Waals surface area contributed by atoms with Gasteiger partial charge >= 0.3 is 0 Å². The number of benzene rings is 3. The third-order valence-corrected chi connectivity index (χ3v) is 8.99. The molecule has 0 aliphatic heterocycles. The van der Waals surface area contributed by atoms with E-state index in [2.05, 4.69) is 5.32 Å². The van der Waals surface area contributed by atoms with Crippen LogP contribution in [0.3, 0.4) is 0 Å². The maximum atomic E-state index is 14.7. The average molecular weight is 582 g/mol. The highest BCUT2D eigenvalue weighted by Crippen LogP contribution is 2.27. The quantitative estimate of drug-likeness (QED) is 0.294. The Balaban J connectivity index is 2.05. The summed E-state index contributed by atoms with van der Waals surface area (Å²) in [5.74, 6) is -1.33. The molecule has 0 spiro atoms. The van der Waals surface area contributed by atoms with Crippen molar-refractivity contribution in [3.8, 4) is 0 Å². The third kappa shape index (κ3) is 7.94. The van der Waals surface area contributed by atoms with E-state index >= 15 is 0 Å². The summed E-state index contributed by atoms with van der Waals surface area (Å²) in [7, 11) is -4.17. The first kappa shape index (κ1) is 31.8. The summed E-state index contributed by atoms with van der Waals surface area (Å²) in [6, 6.07) is 18.3. The van der Waals surface area contributed by atoms with Crippen LogP contribution in [0.2, 0.25) is 0 Å². The van der Waals surface area contributed by atoms with E-state index in [9.17, 15) is 22.4 Å². The SMILES string of the molecule is CCC(C)NC(=O)C(C)N(Cc1ccccc1F)C(=O)CN(c1ccc(C(C)C)cc1)S(=O)(=O)c1ccc(C)cc1. The summed E-state index contributed by atoms with van der Waals surface area (Å²) >= 11 is 0. The minimum absolute atomic E-state index is 0.0343. The van der Waals surface area contributed by atoms with Crippen molar-refractivity contribution in [2.75, 3.05) is 10.8 Å². The number of nitrogens with zero attached hydrogens (tertiary/aromatic N) is 2. The van der Waals surface area contributed by atoms with Crippen LogP contribution in [0.5, 0.6) is 0 Å². The molecule has 3 aromatic carbocycles. The molecule has 9 heteroatoms. The van der Waals surface area contributed by atoms with Crippen LogP contribution in [0.4, 0.5) is 10.1 Å². The number of anilines is 1. The lowest BCUT2D eigenvalue weighted by Crippen LogP contribution is -2.52. The minimum Gasteiger partial charge on any atom is -0.352 e. The molecule has 0 saturated carbocycles. The second-order valence-corrected chi connectivity index (χ2v) is 12.5. The van der Waals surface area contributed by atoms with Crippen molar-refractivity contribution in [3.63, 3.8) is 0 Å².